The van der Waals surface area contributed by atoms with Crippen LogP contribution in [0.25, 0.3) is 0 Å². The predicted molar refractivity (Wildman–Crippen MR) is 87.0 cm³/mol. The molecule has 0 aromatic rings. The molecule has 1 saturated carbocycles. The van der Waals surface area contributed by atoms with Gasteiger partial charge in [0.15, 0.2) is 0 Å². The van der Waals surface area contributed by atoms with Crippen LogP contribution in [-0.2, 0) is 14.3 Å². The third-order valence-corrected chi connectivity index (χ3v) is 5.99. The Morgan fingerprint density at radius 2 is 1.70 bits per heavy atom. The second-order valence-electron chi connectivity index (χ2n) is 7.14. The highest BCUT2D eigenvalue weighted by atomic mass is 16.5. The molecule has 2 heterocycles. The summed E-state index contributed by atoms with van der Waals surface area (Å²) < 4.78 is 5.45. The molecule has 3 rings (SSSR count). The number of likely N-dealkylation sites (tertiary alicyclic amines) is 1. The molecule has 0 spiro atoms. The molecule has 1 aliphatic carbocycles. The summed E-state index contributed by atoms with van der Waals surface area (Å²) in [5, 5.41) is 0. The molecular formula is C17H29N3O3. The van der Waals surface area contributed by atoms with Crippen molar-refractivity contribution < 1.29 is 14.3 Å². The van der Waals surface area contributed by atoms with Crippen molar-refractivity contribution in [3.63, 3.8) is 0 Å². The van der Waals surface area contributed by atoms with Crippen molar-refractivity contribution in [3.8, 4) is 0 Å². The predicted octanol–water partition coefficient (Wildman–Crippen LogP) is 0.711. The van der Waals surface area contributed by atoms with Gasteiger partial charge in [0.2, 0.25) is 11.8 Å². The molecule has 2 saturated heterocycles. The zero-order valence-corrected chi connectivity index (χ0v) is 14.4. The van der Waals surface area contributed by atoms with Gasteiger partial charge in [-0.1, -0.05) is 0 Å². The summed E-state index contributed by atoms with van der Waals surface area (Å²) in [5.41, 5.74) is -0.261. The highest BCUT2D eigenvalue weighted by Crippen LogP contribution is 2.40. The van der Waals surface area contributed by atoms with Gasteiger partial charge in [0, 0.05) is 46.2 Å². The number of ether oxygens (including phenoxy) is 1. The van der Waals surface area contributed by atoms with E-state index in [0.29, 0.717) is 5.91 Å². The van der Waals surface area contributed by atoms with Crippen LogP contribution in [0.2, 0.25) is 0 Å². The van der Waals surface area contributed by atoms with Gasteiger partial charge in [0.1, 0.15) is 5.54 Å². The quantitative estimate of drug-likeness (QED) is 0.768. The number of carbonyl (C=O) groups is 2. The Kier molecular flexibility index (Phi) is 4.92. The topological polar surface area (TPSA) is 53.1 Å². The standard InChI is InChI=1S/C17H29N3O3/c1-14(21)18(2)15-4-8-19(9-5-15)16(22)17(6-3-7-17)20-10-12-23-13-11-20/h15H,3-13H2,1-2H3. The van der Waals surface area contributed by atoms with E-state index in [-0.39, 0.29) is 17.5 Å². The maximum atomic E-state index is 13.2. The van der Waals surface area contributed by atoms with Gasteiger partial charge < -0.3 is 14.5 Å². The lowest BCUT2D eigenvalue weighted by molar-refractivity contribution is -0.157. The average Bonchev–Trinajstić information content (AvgIpc) is 2.54. The molecule has 3 aliphatic rings. The number of nitrogens with zero attached hydrogens (tertiary/aromatic N) is 3. The lowest BCUT2D eigenvalue weighted by Crippen LogP contribution is -2.66. The summed E-state index contributed by atoms with van der Waals surface area (Å²) in [5.74, 6) is 0.424. The molecule has 3 fully saturated rings. The Morgan fingerprint density at radius 1 is 1.09 bits per heavy atom. The minimum absolute atomic E-state index is 0.110. The first-order valence-corrected chi connectivity index (χ1v) is 8.90. The molecule has 6 nitrogen and oxygen atoms in total. The number of carbonyl (C=O) groups excluding carboxylic acids is 2. The SMILES string of the molecule is CC(=O)N(C)C1CCN(C(=O)C2(N3CCOCC3)CCC2)CC1. The fraction of sp³-hybridized carbons (Fsp3) is 0.882. The number of rotatable bonds is 3. The zero-order chi connectivity index (χ0) is 16.4. The van der Waals surface area contributed by atoms with E-state index >= 15 is 0 Å². The molecule has 0 radical (unpaired) electrons. The average molecular weight is 323 g/mol. The van der Waals surface area contributed by atoms with Crippen LogP contribution in [0.1, 0.15) is 39.0 Å². The summed E-state index contributed by atoms with van der Waals surface area (Å²) in [6, 6.07) is 0.275. The Hall–Kier alpha value is -1.14. The van der Waals surface area contributed by atoms with Gasteiger partial charge in [0.25, 0.3) is 0 Å². The van der Waals surface area contributed by atoms with Gasteiger partial charge in [-0.05, 0) is 32.1 Å². The Bertz CT molecular complexity index is 450. The number of hydrogen-bond acceptors (Lipinski definition) is 4. The van der Waals surface area contributed by atoms with Crippen molar-refractivity contribution in [2.24, 2.45) is 0 Å². The highest BCUT2D eigenvalue weighted by molar-refractivity contribution is 5.87. The maximum absolute atomic E-state index is 13.2. The molecule has 2 amide bonds. The van der Waals surface area contributed by atoms with Crippen molar-refractivity contribution >= 4 is 11.8 Å². The second-order valence-corrected chi connectivity index (χ2v) is 7.14. The second kappa shape index (κ2) is 6.77. The van der Waals surface area contributed by atoms with Gasteiger partial charge in [-0.25, -0.2) is 0 Å². The van der Waals surface area contributed by atoms with Gasteiger partial charge in [-0.2, -0.15) is 0 Å². The molecule has 0 bridgehead atoms. The Labute approximate surface area is 138 Å². The van der Waals surface area contributed by atoms with Crippen LogP contribution in [0.3, 0.4) is 0 Å². The molecule has 0 aromatic heterocycles. The van der Waals surface area contributed by atoms with Gasteiger partial charge in [-0.15, -0.1) is 0 Å². The van der Waals surface area contributed by atoms with E-state index in [1.54, 1.807) is 6.92 Å². The molecule has 23 heavy (non-hydrogen) atoms. The van der Waals surface area contributed by atoms with Crippen molar-refractivity contribution in [2.75, 3.05) is 46.4 Å². The summed E-state index contributed by atoms with van der Waals surface area (Å²) in [6.45, 7) is 6.37. The van der Waals surface area contributed by atoms with Crippen LogP contribution in [0.5, 0.6) is 0 Å². The smallest absolute Gasteiger partial charge is 0.243 e. The third kappa shape index (κ3) is 3.11. The Balaban J connectivity index is 1.61. The van der Waals surface area contributed by atoms with Crippen LogP contribution >= 0.6 is 0 Å². The van der Waals surface area contributed by atoms with E-state index in [4.69, 9.17) is 4.74 Å². The molecule has 0 unspecified atom stereocenters. The number of hydrogen-bond donors (Lipinski definition) is 0. The Morgan fingerprint density at radius 3 is 2.17 bits per heavy atom. The first-order chi connectivity index (χ1) is 11.0. The maximum Gasteiger partial charge on any atom is 0.243 e. The van der Waals surface area contributed by atoms with E-state index in [9.17, 15) is 9.59 Å². The minimum Gasteiger partial charge on any atom is -0.379 e. The monoisotopic (exact) mass is 323 g/mol. The molecule has 0 atom stereocenters. The van der Waals surface area contributed by atoms with E-state index < -0.39 is 0 Å². The molecule has 130 valence electrons. The largest absolute Gasteiger partial charge is 0.379 e. The third-order valence-electron chi connectivity index (χ3n) is 5.99. The molecule has 0 N–H and O–H groups in total. The first kappa shape index (κ1) is 16.7. The number of morpholine rings is 1. The minimum atomic E-state index is -0.261. The van der Waals surface area contributed by atoms with Crippen LogP contribution in [0.4, 0.5) is 0 Å². The fourth-order valence-corrected chi connectivity index (χ4v) is 4.18. The lowest BCUT2D eigenvalue weighted by Gasteiger charge is -2.52. The van der Waals surface area contributed by atoms with E-state index in [1.165, 1.54) is 0 Å². The summed E-state index contributed by atoms with van der Waals surface area (Å²) in [7, 11) is 1.87. The van der Waals surface area contributed by atoms with Crippen molar-refractivity contribution in [2.45, 2.75) is 50.6 Å². The first-order valence-electron chi connectivity index (χ1n) is 8.90. The van der Waals surface area contributed by atoms with Gasteiger partial charge in [-0.3, -0.25) is 14.5 Å². The molecule has 2 aliphatic heterocycles. The lowest BCUT2D eigenvalue weighted by atomic mass is 9.73. The van der Waals surface area contributed by atoms with Crippen molar-refractivity contribution in [1.29, 1.82) is 0 Å². The normalized spacial score (nSPS) is 25.7. The van der Waals surface area contributed by atoms with E-state index in [0.717, 1.165) is 71.5 Å². The molecular weight excluding hydrogens is 294 g/mol. The summed E-state index contributed by atoms with van der Waals surface area (Å²) >= 11 is 0. The fourth-order valence-electron chi connectivity index (χ4n) is 4.18. The van der Waals surface area contributed by atoms with E-state index in [2.05, 4.69) is 4.90 Å². The van der Waals surface area contributed by atoms with Gasteiger partial charge >= 0.3 is 0 Å². The van der Waals surface area contributed by atoms with Crippen molar-refractivity contribution in [3.05, 3.63) is 0 Å². The number of amides is 2. The van der Waals surface area contributed by atoms with Gasteiger partial charge in [0.05, 0.1) is 13.2 Å². The molecule has 6 heteroatoms. The van der Waals surface area contributed by atoms with Crippen LogP contribution in [0.15, 0.2) is 0 Å². The van der Waals surface area contributed by atoms with E-state index in [1.807, 2.05) is 16.8 Å². The summed E-state index contributed by atoms with van der Waals surface area (Å²) in [4.78, 5) is 30.9. The molecule has 0 aromatic carbocycles. The van der Waals surface area contributed by atoms with Crippen LogP contribution in [0, 0.1) is 0 Å². The summed E-state index contributed by atoms with van der Waals surface area (Å²) in [6.07, 6.45) is 4.90. The number of piperidine rings is 1. The zero-order valence-electron chi connectivity index (χ0n) is 14.4. The highest BCUT2D eigenvalue weighted by Gasteiger charge is 2.51. The van der Waals surface area contributed by atoms with Crippen LogP contribution in [-0.4, -0.2) is 84.5 Å². The van der Waals surface area contributed by atoms with Crippen molar-refractivity contribution in [1.82, 2.24) is 14.7 Å². The van der Waals surface area contributed by atoms with Crippen LogP contribution < -0.4 is 0 Å².